The van der Waals surface area contributed by atoms with E-state index in [1.54, 1.807) is 17.1 Å². The van der Waals surface area contributed by atoms with Crippen LogP contribution in [0.25, 0.3) is 0 Å². The highest BCUT2D eigenvalue weighted by Gasteiger charge is 2.17. The molecule has 0 saturated carbocycles. The van der Waals surface area contributed by atoms with Crippen LogP contribution >= 0.6 is 0 Å². The van der Waals surface area contributed by atoms with Crippen molar-refractivity contribution in [3.8, 4) is 0 Å². The van der Waals surface area contributed by atoms with Crippen molar-refractivity contribution in [2.75, 3.05) is 13.1 Å². The van der Waals surface area contributed by atoms with E-state index in [0.29, 0.717) is 13.1 Å². The molecule has 4 N–H and O–H groups in total. The number of nitrogens with one attached hydrogen (secondary N) is 2. The summed E-state index contributed by atoms with van der Waals surface area (Å²) >= 11 is 0. The maximum Gasteiger partial charge on any atom is 0.239 e. The molecule has 2 amide bonds. The lowest BCUT2D eigenvalue weighted by Crippen LogP contribution is -2.47. The number of rotatable bonds is 7. The highest BCUT2D eigenvalue weighted by Crippen LogP contribution is 1.97. The van der Waals surface area contributed by atoms with Crippen molar-refractivity contribution in [3.63, 3.8) is 0 Å². The molecule has 106 valence electrons. The van der Waals surface area contributed by atoms with Gasteiger partial charge >= 0.3 is 0 Å². The lowest BCUT2D eigenvalue weighted by molar-refractivity contribution is -0.127. The van der Waals surface area contributed by atoms with Crippen LogP contribution in [0.5, 0.6) is 0 Å². The van der Waals surface area contributed by atoms with E-state index in [9.17, 15) is 9.59 Å². The summed E-state index contributed by atoms with van der Waals surface area (Å²) in [5.41, 5.74) is 5.65. The fourth-order valence-corrected chi connectivity index (χ4v) is 1.31. The van der Waals surface area contributed by atoms with Crippen LogP contribution in [-0.2, 0) is 16.1 Å². The van der Waals surface area contributed by atoms with Crippen LogP contribution in [-0.4, -0.2) is 45.9 Å². The highest BCUT2D eigenvalue weighted by molar-refractivity contribution is 5.87. The Morgan fingerprint density at radius 2 is 2.11 bits per heavy atom. The van der Waals surface area contributed by atoms with E-state index in [2.05, 4.69) is 20.9 Å². The van der Waals surface area contributed by atoms with Crippen molar-refractivity contribution in [1.82, 2.24) is 25.6 Å². The molecule has 0 spiro atoms. The predicted molar refractivity (Wildman–Crippen MR) is 68.9 cm³/mol. The Kier molecular flexibility index (Phi) is 5.94. The molecule has 1 heterocycles. The SMILES string of the molecule is CC(C)[C@H](N)C(=O)NCC(=O)NCCn1ccnn1. The van der Waals surface area contributed by atoms with Crippen molar-refractivity contribution < 1.29 is 9.59 Å². The zero-order chi connectivity index (χ0) is 14.3. The summed E-state index contributed by atoms with van der Waals surface area (Å²) in [7, 11) is 0. The minimum Gasteiger partial charge on any atom is -0.353 e. The normalized spacial score (nSPS) is 12.2. The fraction of sp³-hybridized carbons (Fsp3) is 0.636. The molecule has 19 heavy (non-hydrogen) atoms. The minimum atomic E-state index is -0.594. The van der Waals surface area contributed by atoms with Gasteiger partial charge in [0.05, 0.1) is 25.3 Å². The molecule has 0 radical (unpaired) electrons. The van der Waals surface area contributed by atoms with Crippen LogP contribution in [0.15, 0.2) is 12.4 Å². The van der Waals surface area contributed by atoms with Gasteiger partial charge in [0.1, 0.15) is 0 Å². The number of nitrogens with two attached hydrogens (primary N) is 1. The lowest BCUT2D eigenvalue weighted by atomic mass is 10.1. The molecule has 0 aliphatic carbocycles. The van der Waals surface area contributed by atoms with E-state index in [-0.39, 0.29) is 24.3 Å². The van der Waals surface area contributed by atoms with Crippen LogP contribution in [0.2, 0.25) is 0 Å². The Morgan fingerprint density at radius 3 is 2.68 bits per heavy atom. The molecule has 0 fully saturated rings. The Morgan fingerprint density at radius 1 is 1.37 bits per heavy atom. The van der Waals surface area contributed by atoms with Crippen LogP contribution in [0.1, 0.15) is 13.8 Å². The maximum absolute atomic E-state index is 11.5. The van der Waals surface area contributed by atoms with Gasteiger partial charge in [-0.1, -0.05) is 19.1 Å². The molecule has 0 unspecified atom stereocenters. The van der Waals surface area contributed by atoms with Gasteiger partial charge < -0.3 is 16.4 Å². The molecule has 1 aromatic rings. The zero-order valence-electron chi connectivity index (χ0n) is 11.2. The van der Waals surface area contributed by atoms with Crippen molar-refractivity contribution >= 4 is 11.8 Å². The second kappa shape index (κ2) is 7.47. The summed E-state index contributed by atoms with van der Waals surface area (Å²) in [5, 5.41) is 12.6. The Labute approximate surface area is 111 Å². The number of nitrogens with zero attached hydrogens (tertiary/aromatic N) is 3. The Bertz CT molecular complexity index is 403. The first-order chi connectivity index (χ1) is 9.00. The molecule has 8 heteroatoms. The largest absolute Gasteiger partial charge is 0.353 e. The Hall–Kier alpha value is -1.96. The molecule has 0 aliphatic heterocycles. The highest BCUT2D eigenvalue weighted by atomic mass is 16.2. The smallest absolute Gasteiger partial charge is 0.239 e. The van der Waals surface area contributed by atoms with Crippen LogP contribution < -0.4 is 16.4 Å². The third-order valence-electron chi connectivity index (χ3n) is 2.58. The van der Waals surface area contributed by atoms with Crippen molar-refractivity contribution in [2.24, 2.45) is 11.7 Å². The van der Waals surface area contributed by atoms with E-state index in [1.165, 1.54) is 0 Å². The summed E-state index contributed by atoms with van der Waals surface area (Å²) < 4.78 is 1.60. The number of hydrogen-bond donors (Lipinski definition) is 3. The van der Waals surface area contributed by atoms with Crippen LogP contribution in [0, 0.1) is 5.92 Å². The first-order valence-electron chi connectivity index (χ1n) is 6.14. The quantitative estimate of drug-likeness (QED) is 0.556. The molecular formula is C11H20N6O2. The van der Waals surface area contributed by atoms with Gasteiger partial charge in [-0.25, -0.2) is 0 Å². The number of aromatic nitrogens is 3. The molecule has 8 nitrogen and oxygen atoms in total. The molecule has 1 atom stereocenters. The van der Waals surface area contributed by atoms with Gasteiger partial charge in [-0.2, -0.15) is 0 Å². The van der Waals surface area contributed by atoms with Gasteiger partial charge in [0.15, 0.2) is 0 Å². The van der Waals surface area contributed by atoms with E-state index in [0.717, 1.165) is 0 Å². The summed E-state index contributed by atoms with van der Waals surface area (Å²) in [6.45, 7) is 4.58. The molecule has 0 aliphatic rings. The first kappa shape index (κ1) is 15.1. The van der Waals surface area contributed by atoms with Gasteiger partial charge in [-0.3, -0.25) is 14.3 Å². The monoisotopic (exact) mass is 268 g/mol. The average molecular weight is 268 g/mol. The van der Waals surface area contributed by atoms with Crippen LogP contribution in [0.3, 0.4) is 0 Å². The van der Waals surface area contributed by atoms with E-state index in [4.69, 9.17) is 5.73 Å². The van der Waals surface area contributed by atoms with Gasteiger partial charge in [-0.05, 0) is 5.92 Å². The summed E-state index contributed by atoms with van der Waals surface area (Å²) in [6, 6.07) is -0.594. The van der Waals surface area contributed by atoms with Gasteiger partial charge in [0.25, 0.3) is 0 Å². The molecular weight excluding hydrogens is 248 g/mol. The van der Waals surface area contributed by atoms with E-state index >= 15 is 0 Å². The second-order valence-corrected chi connectivity index (χ2v) is 4.50. The number of amides is 2. The third-order valence-corrected chi connectivity index (χ3v) is 2.58. The Balaban J connectivity index is 2.16. The summed E-state index contributed by atoms with van der Waals surface area (Å²) in [4.78, 5) is 23.0. The number of hydrogen-bond acceptors (Lipinski definition) is 5. The van der Waals surface area contributed by atoms with Crippen LogP contribution in [0.4, 0.5) is 0 Å². The minimum absolute atomic E-state index is 0.0374. The number of carbonyl (C=O) groups excluding carboxylic acids is 2. The third kappa shape index (κ3) is 5.47. The predicted octanol–water partition coefficient (Wildman–Crippen LogP) is -1.51. The summed E-state index contributed by atoms with van der Waals surface area (Å²) in [5.74, 6) is -0.541. The molecule has 0 bridgehead atoms. The van der Waals surface area contributed by atoms with Gasteiger partial charge in [0.2, 0.25) is 11.8 Å². The summed E-state index contributed by atoms with van der Waals surface area (Å²) in [6.07, 6.45) is 3.27. The van der Waals surface area contributed by atoms with Gasteiger partial charge in [-0.15, -0.1) is 5.10 Å². The lowest BCUT2D eigenvalue weighted by Gasteiger charge is -2.15. The average Bonchev–Trinajstić information content (AvgIpc) is 2.88. The number of carbonyl (C=O) groups is 2. The molecule has 1 rings (SSSR count). The standard InChI is InChI=1S/C11H20N6O2/c1-8(2)10(12)11(19)14-7-9(18)13-3-5-17-6-4-15-16-17/h4,6,8,10H,3,5,7,12H2,1-2H3,(H,13,18)(H,14,19)/t10-/m0/s1. The molecule has 0 aromatic carbocycles. The molecule has 1 aromatic heterocycles. The van der Waals surface area contributed by atoms with Crippen molar-refractivity contribution in [1.29, 1.82) is 0 Å². The van der Waals surface area contributed by atoms with Gasteiger partial charge in [0, 0.05) is 12.7 Å². The maximum atomic E-state index is 11.5. The zero-order valence-corrected chi connectivity index (χ0v) is 11.2. The van der Waals surface area contributed by atoms with E-state index in [1.807, 2.05) is 13.8 Å². The van der Waals surface area contributed by atoms with Crippen molar-refractivity contribution in [2.45, 2.75) is 26.4 Å². The van der Waals surface area contributed by atoms with E-state index < -0.39 is 6.04 Å². The topological polar surface area (TPSA) is 115 Å². The van der Waals surface area contributed by atoms with Crippen molar-refractivity contribution in [3.05, 3.63) is 12.4 Å². The second-order valence-electron chi connectivity index (χ2n) is 4.50. The molecule has 0 saturated heterocycles. The fourth-order valence-electron chi connectivity index (χ4n) is 1.31. The first-order valence-corrected chi connectivity index (χ1v) is 6.14.